The van der Waals surface area contributed by atoms with Gasteiger partial charge in [0.25, 0.3) is 16.0 Å². The minimum atomic E-state index is -3.49. The van der Waals surface area contributed by atoms with E-state index in [2.05, 4.69) is 19.5 Å². The second-order valence-corrected chi connectivity index (χ2v) is 14.7. The Hall–Kier alpha value is -3.44. The number of amides is 1. The van der Waals surface area contributed by atoms with Crippen molar-refractivity contribution >= 4 is 62.8 Å². The fourth-order valence-corrected chi connectivity index (χ4v) is 5.41. The molecular formula is C34H43Cl2N3O11S. The first-order valence-electron chi connectivity index (χ1n) is 16.0. The maximum atomic E-state index is 13.2. The van der Waals surface area contributed by atoms with E-state index < -0.39 is 39.7 Å². The number of aliphatic imine (C=N–C) groups is 1. The number of nitrogens with zero attached hydrogens (tertiary/aromatic N) is 2. The Morgan fingerprint density at radius 2 is 1.45 bits per heavy atom. The summed E-state index contributed by atoms with van der Waals surface area (Å²) < 4.78 is 54.0. The van der Waals surface area contributed by atoms with Crippen LogP contribution >= 0.6 is 23.2 Å². The summed E-state index contributed by atoms with van der Waals surface area (Å²) >= 11 is 12.3. The van der Waals surface area contributed by atoms with Crippen molar-refractivity contribution in [1.29, 1.82) is 0 Å². The number of nitrogens with one attached hydrogen (secondary N) is 1. The van der Waals surface area contributed by atoms with Gasteiger partial charge in [-0.25, -0.2) is 4.79 Å². The Balaban J connectivity index is 1.58. The van der Waals surface area contributed by atoms with E-state index in [-0.39, 0.29) is 60.8 Å². The Kier molecular flexibility index (Phi) is 16.4. The van der Waals surface area contributed by atoms with E-state index in [0.717, 1.165) is 6.26 Å². The first-order chi connectivity index (χ1) is 24.1. The van der Waals surface area contributed by atoms with E-state index in [1.807, 2.05) is 0 Å². The zero-order chi connectivity index (χ0) is 37.6. The van der Waals surface area contributed by atoms with Crippen LogP contribution in [0.3, 0.4) is 0 Å². The van der Waals surface area contributed by atoms with Crippen molar-refractivity contribution in [2.75, 3.05) is 59.1 Å². The summed E-state index contributed by atoms with van der Waals surface area (Å²) in [5.74, 6) is -1.23. The van der Waals surface area contributed by atoms with Gasteiger partial charge in [-0.2, -0.15) is 8.42 Å². The number of rotatable bonds is 20. The van der Waals surface area contributed by atoms with E-state index in [4.69, 9.17) is 46.9 Å². The molecule has 3 rings (SSSR count). The van der Waals surface area contributed by atoms with Gasteiger partial charge in [-0.3, -0.25) is 23.7 Å². The number of halogens is 2. The van der Waals surface area contributed by atoms with Crippen LogP contribution in [0.2, 0.25) is 10.0 Å². The number of pyridine rings is 1. The van der Waals surface area contributed by atoms with Gasteiger partial charge in [-0.15, -0.1) is 0 Å². The zero-order valence-electron chi connectivity index (χ0n) is 29.1. The lowest BCUT2D eigenvalue weighted by Gasteiger charge is -2.25. The van der Waals surface area contributed by atoms with Crippen LogP contribution < -0.4 is 5.32 Å². The van der Waals surface area contributed by atoms with Gasteiger partial charge < -0.3 is 29.0 Å². The van der Waals surface area contributed by atoms with Crippen LogP contribution in [0.1, 0.15) is 49.2 Å². The predicted molar refractivity (Wildman–Crippen MR) is 191 cm³/mol. The smallest absolute Gasteiger partial charge is 0.329 e. The second kappa shape index (κ2) is 20.0. The lowest BCUT2D eigenvalue weighted by Crippen LogP contribution is -2.45. The molecule has 1 N–H and O–H groups in total. The van der Waals surface area contributed by atoms with Gasteiger partial charge in [0.15, 0.2) is 5.78 Å². The zero-order valence-corrected chi connectivity index (χ0v) is 31.4. The predicted octanol–water partition coefficient (Wildman–Crippen LogP) is 3.87. The van der Waals surface area contributed by atoms with E-state index in [9.17, 15) is 22.8 Å². The van der Waals surface area contributed by atoms with Gasteiger partial charge in [-0.05, 0) is 38.8 Å². The number of carbonyl (C=O) groups excluding carboxylic acids is 3. The number of Topliss-reactive ketones (excluding diaryl/α,β-unsaturated/α-hetero) is 1. The molecule has 2 heterocycles. The summed E-state index contributed by atoms with van der Waals surface area (Å²) in [6, 6.07) is 5.28. The van der Waals surface area contributed by atoms with E-state index in [1.165, 1.54) is 18.6 Å². The van der Waals surface area contributed by atoms with Crippen molar-refractivity contribution in [1.82, 2.24) is 10.3 Å². The molecule has 1 aliphatic rings. The van der Waals surface area contributed by atoms with Crippen LogP contribution in [0.4, 0.5) is 0 Å². The molecule has 1 amide bonds. The van der Waals surface area contributed by atoms with Crippen LogP contribution in [0, 0.1) is 0 Å². The van der Waals surface area contributed by atoms with Crippen LogP contribution in [-0.4, -0.2) is 114 Å². The Labute approximate surface area is 307 Å². The van der Waals surface area contributed by atoms with Crippen LogP contribution in [0.15, 0.2) is 47.4 Å². The SMILES string of the molecule is CC1N=CC(OCCOCCOCCOCCOS(C)(=O)=O)=C(c2ccc(C[C@H](NC(=O)c3c(Cl)cncc3Cl)C(=O)OC(C)(C)C)cc2)C1=O. The molecule has 0 saturated heterocycles. The van der Waals surface area contributed by atoms with Gasteiger partial charge in [0.05, 0.1) is 79.9 Å². The third-order valence-electron chi connectivity index (χ3n) is 6.80. The summed E-state index contributed by atoms with van der Waals surface area (Å²) in [6.07, 6.45) is 5.12. The highest BCUT2D eigenvalue weighted by Crippen LogP contribution is 2.27. The van der Waals surface area contributed by atoms with Crippen molar-refractivity contribution in [2.45, 2.75) is 51.8 Å². The molecule has 0 spiro atoms. The molecule has 17 heteroatoms. The van der Waals surface area contributed by atoms with Crippen LogP contribution in [-0.2, 0) is 54.0 Å². The molecule has 1 unspecified atom stereocenters. The summed E-state index contributed by atoms with van der Waals surface area (Å²) in [6.45, 7) is 8.49. The molecule has 0 aliphatic carbocycles. The van der Waals surface area contributed by atoms with Crippen molar-refractivity contribution in [2.24, 2.45) is 4.99 Å². The van der Waals surface area contributed by atoms with Gasteiger partial charge in [0, 0.05) is 18.8 Å². The van der Waals surface area contributed by atoms with Gasteiger partial charge in [0.2, 0.25) is 0 Å². The number of aromatic nitrogens is 1. The molecular weight excluding hydrogens is 729 g/mol. The Morgan fingerprint density at radius 3 is 2.00 bits per heavy atom. The molecule has 2 atom stereocenters. The number of allylic oxidation sites excluding steroid dienone is 1. The number of dihydropyridines is 1. The number of ketones is 1. The molecule has 51 heavy (non-hydrogen) atoms. The number of ether oxygens (including phenoxy) is 5. The maximum Gasteiger partial charge on any atom is 0.329 e. The fourth-order valence-electron chi connectivity index (χ4n) is 4.50. The number of hydrogen-bond donors (Lipinski definition) is 1. The standard InChI is InChI=1S/C34H43Cl2N3O11S/c1-22-31(40)29(28(21-38-22)48-16-14-46-12-10-45-11-13-47-15-17-49-51(5,43)44)24-8-6-23(7-9-24)18-27(33(42)50-34(2,3)4)39-32(41)30-25(35)19-37-20-26(30)36/h6-9,19-22,27H,10-18H2,1-5H3,(H,39,41)/t22?,27-/m0/s1. The first-order valence-corrected chi connectivity index (χ1v) is 18.6. The normalized spacial score (nSPS) is 15.5. The second-order valence-electron chi connectivity index (χ2n) is 12.2. The van der Waals surface area contributed by atoms with Gasteiger partial charge >= 0.3 is 5.97 Å². The number of benzene rings is 1. The average Bonchev–Trinajstić information content (AvgIpc) is 3.03. The largest absolute Gasteiger partial charge is 0.489 e. The third kappa shape index (κ3) is 14.6. The highest BCUT2D eigenvalue weighted by molar-refractivity contribution is 7.85. The fraction of sp³-hybridized carbons (Fsp3) is 0.500. The molecule has 0 fully saturated rings. The molecule has 1 aromatic heterocycles. The van der Waals surface area contributed by atoms with E-state index in [1.54, 1.807) is 52.0 Å². The monoisotopic (exact) mass is 771 g/mol. The minimum absolute atomic E-state index is 0.0131. The van der Waals surface area contributed by atoms with Gasteiger partial charge in [0.1, 0.15) is 30.1 Å². The van der Waals surface area contributed by atoms with Crippen molar-refractivity contribution in [3.63, 3.8) is 0 Å². The number of esters is 1. The molecule has 280 valence electrons. The quantitative estimate of drug-likeness (QED) is 0.117. The maximum absolute atomic E-state index is 13.2. The lowest BCUT2D eigenvalue weighted by atomic mass is 9.93. The molecule has 1 aliphatic heterocycles. The first kappa shape index (κ1) is 42.0. The molecule has 1 aromatic carbocycles. The van der Waals surface area contributed by atoms with Crippen LogP contribution in [0.25, 0.3) is 5.57 Å². The van der Waals surface area contributed by atoms with Crippen molar-refractivity contribution in [3.05, 3.63) is 69.2 Å². The highest BCUT2D eigenvalue weighted by atomic mass is 35.5. The Morgan fingerprint density at radius 1 is 0.902 bits per heavy atom. The van der Waals surface area contributed by atoms with Crippen LogP contribution in [0.5, 0.6) is 0 Å². The van der Waals surface area contributed by atoms with Crippen molar-refractivity contribution in [3.8, 4) is 0 Å². The van der Waals surface area contributed by atoms with Gasteiger partial charge in [-0.1, -0.05) is 47.5 Å². The molecule has 0 saturated carbocycles. The van der Waals surface area contributed by atoms with E-state index in [0.29, 0.717) is 42.3 Å². The molecule has 0 radical (unpaired) electrons. The Bertz CT molecular complexity index is 1660. The number of hydrogen-bond acceptors (Lipinski definition) is 13. The number of carbonyl (C=O) groups is 3. The highest BCUT2D eigenvalue weighted by Gasteiger charge is 2.30. The summed E-state index contributed by atoms with van der Waals surface area (Å²) in [7, 11) is -3.49. The topological polar surface area (TPSA) is 178 Å². The molecule has 2 aromatic rings. The lowest BCUT2D eigenvalue weighted by molar-refractivity contribution is -0.157. The van der Waals surface area contributed by atoms with E-state index >= 15 is 0 Å². The summed E-state index contributed by atoms with van der Waals surface area (Å²) in [5.41, 5.74) is 0.797. The molecule has 0 bridgehead atoms. The summed E-state index contributed by atoms with van der Waals surface area (Å²) in [4.78, 5) is 47.6. The summed E-state index contributed by atoms with van der Waals surface area (Å²) in [5, 5.41) is 2.75. The molecule has 14 nitrogen and oxygen atoms in total. The average molecular weight is 773 g/mol. The minimum Gasteiger partial charge on any atom is -0.489 e. The van der Waals surface area contributed by atoms with Crippen molar-refractivity contribution < 1.29 is 50.7 Å². The third-order valence-corrected chi connectivity index (χ3v) is 7.97.